The number of aromatic nitrogens is 2. The Labute approximate surface area is 172 Å². The van der Waals surface area contributed by atoms with Crippen molar-refractivity contribution in [3.63, 3.8) is 0 Å². The van der Waals surface area contributed by atoms with Gasteiger partial charge in [-0.15, -0.1) is 0 Å². The molecule has 1 aromatic heterocycles. The zero-order valence-corrected chi connectivity index (χ0v) is 16.1. The number of rotatable bonds is 6. The molecule has 0 bridgehead atoms. The van der Waals surface area contributed by atoms with Crippen LogP contribution >= 0.6 is 0 Å². The number of carboxylic acids is 1. The van der Waals surface area contributed by atoms with Gasteiger partial charge in [0.2, 0.25) is 5.95 Å². The van der Waals surface area contributed by atoms with Crippen molar-refractivity contribution in [2.24, 2.45) is 11.8 Å². The third-order valence-electron chi connectivity index (χ3n) is 5.39. The van der Waals surface area contributed by atoms with E-state index in [4.69, 9.17) is 5.11 Å². The van der Waals surface area contributed by atoms with Crippen LogP contribution < -0.4 is 5.32 Å². The Kier molecular flexibility index (Phi) is 5.52. The van der Waals surface area contributed by atoms with Gasteiger partial charge in [-0.2, -0.15) is 0 Å². The Hall–Kier alpha value is -3.61. The van der Waals surface area contributed by atoms with Crippen LogP contribution in [0.1, 0.15) is 29.6 Å². The molecule has 1 unspecified atom stereocenters. The fraction of sp³-hybridized carbons (Fsp3) is 0.217. The molecule has 2 aromatic carbocycles. The molecule has 0 radical (unpaired) electrons. The van der Waals surface area contributed by atoms with Gasteiger partial charge in [-0.3, -0.25) is 9.59 Å². The number of benzene rings is 2. The van der Waals surface area contributed by atoms with Gasteiger partial charge in [0, 0.05) is 35.1 Å². The van der Waals surface area contributed by atoms with Crippen LogP contribution in [-0.2, 0) is 4.79 Å². The number of hydrogen-bond donors (Lipinski definition) is 2. The van der Waals surface area contributed by atoms with Gasteiger partial charge in [0.05, 0.1) is 5.92 Å². The minimum atomic E-state index is -0.823. The lowest BCUT2D eigenvalue weighted by molar-refractivity contribution is -0.141. The summed E-state index contributed by atoms with van der Waals surface area (Å²) in [5.74, 6) is -1.47. The van der Waals surface area contributed by atoms with Crippen molar-refractivity contribution in [2.45, 2.75) is 19.3 Å². The molecular weight excluding hydrogens is 385 g/mol. The highest BCUT2D eigenvalue weighted by atomic mass is 19.1. The Morgan fingerprint density at radius 2 is 1.67 bits per heavy atom. The molecule has 1 saturated carbocycles. The van der Waals surface area contributed by atoms with Gasteiger partial charge in [-0.1, -0.05) is 30.3 Å². The number of anilines is 2. The maximum Gasteiger partial charge on any atom is 0.306 e. The second-order valence-electron chi connectivity index (χ2n) is 7.42. The number of carboxylic acid groups (broad SMARTS) is 1. The van der Waals surface area contributed by atoms with E-state index in [1.165, 1.54) is 12.1 Å². The summed E-state index contributed by atoms with van der Waals surface area (Å²) in [5, 5.41) is 12.1. The summed E-state index contributed by atoms with van der Waals surface area (Å²) in [4.78, 5) is 32.3. The Balaban J connectivity index is 1.42. The lowest BCUT2D eigenvalue weighted by Crippen LogP contribution is -2.14. The van der Waals surface area contributed by atoms with E-state index < -0.39 is 11.9 Å². The maximum atomic E-state index is 13.3. The minimum Gasteiger partial charge on any atom is -0.481 e. The molecule has 0 amide bonds. The number of carbonyl (C=O) groups excluding carboxylic acids is 1. The van der Waals surface area contributed by atoms with Crippen LogP contribution in [0.4, 0.5) is 16.0 Å². The van der Waals surface area contributed by atoms with Crippen molar-refractivity contribution in [3.05, 3.63) is 72.3 Å². The minimum absolute atomic E-state index is 0.00353. The first-order valence-corrected chi connectivity index (χ1v) is 9.71. The number of nitrogens with one attached hydrogen (secondary N) is 1. The highest BCUT2D eigenvalue weighted by Gasteiger charge is 2.34. The highest BCUT2D eigenvalue weighted by Crippen LogP contribution is 2.33. The molecule has 1 aliphatic carbocycles. The third kappa shape index (κ3) is 4.35. The second-order valence-corrected chi connectivity index (χ2v) is 7.42. The zero-order chi connectivity index (χ0) is 21.1. The SMILES string of the molecule is O=C(O)C1CC[C@H](C(=O)c2ccc(-c3cnc(Nc4cccc(F)c4)nc3)cc2)C1. The summed E-state index contributed by atoms with van der Waals surface area (Å²) in [6.45, 7) is 0. The lowest BCUT2D eigenvalue weighted by Gasteiger charge is -2.10. The summed E-state index contributed by atoms with van der Waals surface area (Å²) >= 11 is 0. The number of aliphatic carboxylic acids is 1. The molecule has 2 atom stereocenters. The number of Topliss-reactive ketones (excluding diaryl/α,β-unsaturated/α-hetero) is 1. The van der Waals surface area contributed by atoms with E-state index in [0.29, 0.717) is 36.5 Å². The van der Waals surface area contributed by atoms with Crippen molar-refractivity contribution in [3.8, 4) is 11.1 Å². The van der Waals surface area contributed by atoms with Gasteiger partial charge >= 0.3 is 5.97 Å². The molecule has 1 fully saturated rings. The highest BCUT2D eigenvalue weighted by molar-refractivity contribution is 5.98. The van der Waals surface area contributed by atoms with Gasteiger partial charge in [-0.25, -0.2) is 14.4 Å². The number of ketones is 1. The van der Waals surface area contributed by atoms with Crippen molar-refractivity contribution in [1.29, 1.82) is 0 Å². The molecule has 3 aromatic rings. The number of carbonyl (C=O) groups is 2. The van der Waals surface area contributed by atoms with E-state index >= 15 is 0 Å². The van der Waals surface area contributed by atoms with Crippen molar-refractivity contribution in [2.75, 3.05) is 5.32 Å². The Morgan fingerprint density at radius 1 is 0.967 bits per heavy atom. The normalized spacial score (nSPS) is 18.2. The standard InChI is InChI=1S/C23H20FN3O3/c24-19-2-1-3-20(11-19)27-23-25-12-18(13-26-23)14-4-6-15(7-5-14)21(28)16-8-9-17(10-16)22(29)30/h1-7,11-13,16-17H,8-10H2,(H,29,30)(H,25,26,27)/t16-,17?/m0/s1. The topological polar surface area (TPSA) is 92.2 Å². The first-order valence-electron chi connectivity index (χ1n) is 9.71. The monoisotopic (exact) mass is 405 g/mol. The van der Waals surface area contributed by atoms with E-state index in [9.17, 15) is 14.0 Å². The summed E-state index contributed by atoms with van der Waals surface area (Å²) in [6.07, 6.45) is 4.88. The van der Waals surface area contributed by atoms with Crippen LogP contribution in [-0.4, -0.2) is 26.8 Å². The fourth-order valence-corrected chi connectivity index (χ4v) is 3.74. The van der Waals surface area contributed by atoms with Gasteiger partial charge in [0.25, 0.3) is 0 Å². The van der Waals surface area contributed by atoms with Gasteiger partial charge in [-0.05, 0) is 43.0 Å². The number of halogens is 1. The van der Waals surface area contributed by atoms with Gasteiger partial charge < -0.3 is 10.4 Å². The maximum absolute atomic E-state index is 13.3. The van der Waals surface area contributed by atoms with Crippen LogP contribution in [0.3, 0.4) is 0 Å². The largest absolute Gasteiger partial charge is 0.481 e. The van der Waals surface area contributed by atoms with Gasteiger partial charge in [0.15, 0.2) is 5.78 Å². The van der Waals surface area contributed by atoms with E-state index in [-0.39, 0.29) is 17.5 Å². The van der Waals surface area contributed by atoms with Crippen LogP contribution in [0, 0.1) is 17.7 Å². The van der Waals surface area contributed by atoms with Crippen molar-refractivity contribution >= 4 is 23.4 Å². The second kappa shape index (κ2) is 8.41. The van der Waals surface area contributed by atoms with E-state index in [0.717, 1.165) is 11.1 Å². The summed E-state index contributed by atoms with van der Waals surface area (Å²) in [7, 11) is 0. The molecule has 1 aliphatic rings. The van der Waals surface area contributed by atoms with Crippen LogP contribution in [0.15, 0.2) is 60.9 Å². The molecule has 6 nitrogen and oxygen atoms in total. The van der Waals surface area contributed by atoms with Crippen LogP contribution in [0.5, 0.6) is 0 Å². The summed E-state index contributed by atoms with van der Waals surface area (Å²) in [5.41, 5.74) is 2.78. The molecule has 0 aliphatic heterocycles. The number of nitrogens with zero attached hydrogens (tertiary/aromatic N) is 2. The zero-order valence-electron chi connectivity index (χ0n) is 16.1. The predicted molar refractivity (Wildman–Crippen MR) is 110 cm³/mol. The van der Waals surface area contributed by atoms with Gasteiger partial charge in [0.1, 0.15) is 5.82 Å². The average Bonchev–Trinajstić information content (AvgIpc) is 3.25. The molecule has 7 heteroatoms. The predicted octanol–water partition coefficient (Wildman–Crippen LogP) is 4.71. The van der Waals surface area contributed by atoms with Crippen molar-refractivity contribution in [1.82, 2.24) is 9.97 Å². The summed E-state index contributed by atoms with van der Waals surface area (Å²) < 4.78 is 13.3. The smallest absolute Gasteiger partial charge is 0.306 e. The first kappa shape index (κ1) is 19.7. The summed E-state index contributed by atoms with van der Waals surface area (Å²) in [6, 6.07) is 13.2. The lowest BCUT2D eigenvalue weighted by atomic mass is 9.94. The molecular formula is C23H20FN3O3. The molecule has 152 valence electrons. The Bertz CT molecular complexity index is 1070. The molecule has 2 N–H and O–H groups in total. The molecule has 0 spiro atoms. The third-order valence-corrected chi connectivity index (χ3v) is 5.39. The molecule has 1 heterocycles. The Morgan fingerprint density at radius 3 is 2.30 bits per heavy atom. The quantitative estimate of drug-likeness (QED) is 0.577. The molecule has 30 heavy (non-hydrogen) atoms. The number of hydrogen-bond acceptors (Lipinski definition) is 5. The van der Waals surface area contributed by atoms with Crippen molar-refractivity contribution < 1.29 is 19.1 Å². The first-order chi connectivity index (χ1) is 14.5. The van der Waals surface area contributed by atoms with Crippen LogP contribution in [0.2, 0.25) is 0 Å². The van der Waals surface area contributed by atoms with E-state index in [2.05, 4.69) is 15.3 Å². The van der Waals surface area contributed by atoms with E-state index in [1.54, 1.807) is 36.7 Å². The fourth-order valence-electron chi connectivity index (χ4n) is 3.74. The molecule has 4 rings (SSSR count). The average molecular weight is 405 g/mol. The molecule has 0 saturated heterocycles. The van der Waals surface area contributed by atoms with E-state index in [1.807, 2.05) is 12.1 Å². The van der Waals surface area contributed by atoms with Crippen LogP contribution in [0.25, 0.3) is 11.1 Å².